The van der Waals surface area contributed by atoms with Crippen LogP contribution >= 0.6 is 0 Å². The van der Waals surface area contributed by atoms with Crippen LogP contribution in [0.25, 0.3) is 0 Å². The predicted octanol–water partition coefficient (Wildman–Crippen LogP) is -0.572. The molecule has 1 aliphatic rings. The van der Waals surface area contributed by atoms with Crippen LogP contribution in [0.5, 0.6) is 5.75 Å². The summed E-state index contributed by atoms with van der Waals surface area (Å²) in [6, 6.07) is 7.28. The van der Waals surface area contributed by atoms with Crippen molar-refractivity contribution >= 4 is 0 Å². The molecule has 4 N–H and O–H groups in total. The Hall–Kier alpha value is -1.18. The highest BCUT2D eigenvalue weighted by molar-refractivity contribution is 5.28. The largest absolute Gasteiger partial charge is 0.462 e. The quantitative estimate of drug-likeness (QED) is 0.591. The summed E-state index contributed by atoms with van der Waals surface area (Å²) < 4.78 is 10.8. The molecule has 0 aromatic heterocycles. The molecule has 6 nitrogen and oxygen atoms in total. The van der Waals surface area contributed by atoms with E-state index in [1.54, 1.807) is 12.1 Å². The van der Waals surface area contributed by atoms with Gasteiger partial charge in [0, 0.05) is 0 Å². The Bertz CT molecular complexity index is 435. The summed E-state index contributed by atoms with van der Waals surface area (Å²) in [5.41, 5.74) is 1.06. The van der Waals surface area contributed by atoms with E-state index in [-0.39, 0.29) is 0 Å². The lowest BCUT2D eigenvalue weighted by Gasteiger charge is -2.39. The summed E-state index contributed by atoms with van der Waals surface area (Å²) in [4.78, 5) is 0. The molecule has 5 atom stereocenters. The zero-order chi connectivity index (χ0) is 14.7. The molecule has 2 rings (SSSR count). The minimum Gasteiger partial charge on any atom is -0.462 e. The Morgan fingerprint density at radius 2 is 1.90 bits per heavy atom. The van der Waals surface area contributed by atoms with E-state index in [0.29, 0.717) is 5.75 Å². The summed E-state index contributed by atoms with van der Waals surface area (Å²) in [6.07, 6.45) is -5.47. The van der Waals surface area contributed by atoms with Crippen molar-refractivity contribution < 1.29 is 29.9 Å². The third-order valence-electron chi connectivity index (χ3n) is 3.41. The van der Waals surface area contributed by atoms with Crippen molar-refractivity contribution in [2.45, 2.75) is 44.1 Å². The van der Waals surface area contributed by atoms with Crippen LogP contribution in [-0.4, -0.2) is 57.7 Å². The van der Waals surface area contributed by atoms with Crippen molar-refractivity contribution in [1.29, 1.82) is 0 Å². The van der Waals surface area contributed by atoms with Crippen LogP contribution in [0.15, 0.2) is 24.3 Å². The number of hydrogen-bond donors (Lipinski definition) is 4. The molecule has 1 heterocycles. The number of aliphatic hydroxyl groups excluding tert-OH is 4. The monoisotopic (exact) mass is 284 g/mol. The fraction of sp³-hybridized carbons (Fsp3) is 0.571. The highest BCUT2D eigenvalue weighted by Gasteiger charge is 2.44. The third-order valence-corrected chi connectivity index (χ3v) is 3.41. The van der Waals surface area contributed by atoms with Crippen LogP contribution in [0.1, 0.15) is 12.5 Å². The lowest BCUT2D eigenvalue weighted by atomic mass is 9.99. The van der Waals surface area contributed by atoms with Crippen molar-refractivity contribution in [3.63, 3.8) is 0 Å². The van der Waals surface area contributed by atoms with Gasteiger partial charge in [-0.2, -0.15) is 0 Å². The van der Waals surface area contributed by atoms with E-state index in [1.165, 1.54) is 0 Å². The molecule has 1 saturated heterocycles. The van der Waals surface area contributed by atoms with Gasteiger partial charge in [0.2, 0.25) is 6.29 Å². The molecule has 1 aliphatic heterocycles. The normalized spacial score (nSPS) is 34.0. The number of ether oxygens (including phenoxy) is 2. The minimum absolute atomic E-state index is 0.472. The Kier molecular flexibility index (Phi) is 4.95. The highest BCUT2D eigenvalue weighted by atomic mass is 16.7. The van der Waals surface area contributed by atoms with E-state index in [4.69, 9.17) is 14.6 Å². The van der Waals surface area contributed by atoms with Crippen LogP contribution in [0.3, 0.4) is 0 Å². The lowest BCUT2D eigenvalue weighted by Crippen LogP contribution is -2.60. The first-order valence-electron chi connectivity index (χ1n) is 6.63. The zero-order valence-corrected chi connectivity index (χ0v) is 11.2. The maximum absolute atomic E-state index is 9.87. The molecule has 1 fully saturated rings. The molecule has 0 radical (unpaired) electrons. The molecule has 0 spiro atoms. The highest BCUT2D eigenvalue weighted by Crippen LogP contribution is 2.24. The second-order valence-electron chi connectivity index (χ2n) is 4.82. The standard InChI is InChI=1S/C14H20O6/c1-2-8-4-3-5-9(6-8)19-14-13(18)12(17)11(16)10(7-15)20-14/h3-6,10-18H,2,7H2,1H3/t10-,11-,12+,13+,14?/m0/s1. The molecule has 20 heavy (non-hydrogen) atoms. The molecular weight excluding hydrogens is 264 g/mol. The van der Waals surface area contributed by atoms with Crippen molar-refractivity contribution in [3.05, 3.63) is 29.8 Å². The van der Waals surface area contributed by atoms with Gasteiger partial charge in [-0.05, 0) is 24.1 Å². The molecule has 1 unspecified atom stereocenters. The van der Waals surface area contributed by atoms with E-state index in [0.717, 1.165) is 12.0 Å². The fourth-order valence-electron chi connectivity index (χ4n) is 2.14. The van der Waals surface area contributed by atoms with E-state index >= 15 is 0 Å². The molecule has 0 amide bonds. The van der Waals surface area contributed by atoms with Crippen LogP contribution in [0.2, 0.25) is 0 Å². The first-order chi connectivity index (χ1) is 9.56. The summed E-state index contributed by atoms with van der Waals surface area (Å²) in [5, 5.41) is 38.3. The fourth-order valence-corrected chi connectivity index (χ4v) is 2.14. The van der Waals surface area contributed by atoms with Crippen LogP contribution < -0.4 is 4.74 Å². The second-order valence-corrected chi connectivity index (χ2v) is 4.82. The SMILES string of the molecule is CCc1cccc(OC2O[C@@H](CO)[C@H](O)[C@@H](O)[C@H]2O)c1. The summed E-state index contributed by atoms with van der Waals surface area (Å²) in [7, 11) is 0. The average Bonchev–Trinajstić information content (AvgIpc) is 2.48. The molecule has 6 heteroatoms. The summed E-state index contributed by atoms with van der Waals surface area (Å²) in [5.74, 6) is 0.494. The van der Waals surface area contributed by atoms with Crippen molar-refractivity contribution in [3.8, 4) is 5.75 Å². The smallest absolute Gasteiger partial charge is 0.229 e. The molecular formula is C14H20O6. The van der Waals surface area contributed by atoms with Gasteiger partial charge in [-0.25, -0.2) is 0 Å². The van der Waals surface area contributed by atoms with Crippen molar-refractivity contribution in [2.75, 3.05) is 6.61 Å². The number of benzene rings is 1. The molecule has 0 saturated carbocycles. The Morgan fingerprint density at radius 3 is 2.55 bits per heavy atom. The Morgan fingerprint density at radius 1 is 1.15 bits per heavy atom. The van der Waals surface area contributed by atoms with Crippen LogP contribution in [0.4, 0.5) is 0 Å². The molecule has 0 aliphatic carbocycles. The second kappa shape index (κ2) is 6.51. The Labute approximate surface area is 117 Å². The van der Waals surface area contributed by atoms with Crippen LogP contribution in [-0.2, 0) is 11.2 Å². The van der Waals surface area contributed by atoms with Gasteiger partial charge in [-0.15, -0.1) is 0 Å². The molecule has 0 bridgehead atoms. The average molecular weight is 284 g/mol. The van der Waals surface area contributed by atoms with E-state index in [2.05, 4.69) is 0 Å². The molecule has 1 aromatic carbocycles. The van der Waals surface area contributed by atoms with Crippen LogP contribution in [0, 0.1) is 0 Å². The van der Waals surface area contributed by atoms with Gasteiger partial charge < -0.3 is 29.9 Å². The van der Waals surface area contributed by atoms with E-state index in [9.17, 15) is 15.3 Å². The van der Waals surface area contributed by atoms with Gasteiger partial charge in [0.1, 0.15) is 30.2 Å². The van der Waals surface area contributed by atoms with Gasteiger partial charge in [-0.1, -0.05) is 19.1 Å². The van der Waals surface area contributed by atoms with E-state index in [1.807, 2.05) is 19.1 Å². The number of aliphatic hydroxyl groups is 4. The lowest BCUT2D eigenvalue weighted by molar-refractivity contribution is -0.277. The molecule has 1 aromatic rings. The number of aryl methyl sites for hydroxylation is 1. The first-order valence-corrected chi connectivity index (χ1v) is 6.63. The Balaban J connectivity index is 2.10. The van der Waals surface area contributed by atoms with Crippen molar-refractivity contribution in [2.24, 2.45) is 0 Å². The third kappa shape index (κ3) is 3.11. The molecule has 112 valence electrons. The van der Waals surface area contributed by atoms with Gasteiger partial charge >= 0.3 is 0 Å². The van der Waals surface area contributed by atoms with Gasteiger partial charge in [0.25, 0.3) is 0 Å². The number of hydrogen-bond acceptors (Lipinski definition) is 6. The summed E-state index contributed by atoms with van der Waals surface area (Å²) >= 11 is 0. The van der Waals surface area contributed by atoms with Gasteiger partial charge in [0.15, 0.2) is 0 Å². The number of rotatable bonds is 4. The first kappa shape index (κ1) is 15.2. The maximum atomic E-state index is 9.87. The van der Waals surface area contributed by atoms with Gasteiger partial charge in [0.05, 0.1) is 6.61 Å². The predicted molar refractivity (Wildman–Crippen MR) is 70.2 cm³/mol. The van der Waals surface area contributed by atoms with Crippen molar-refractivity contribution in [1.82, 2.24) is 0 Å². The maximum Gasteiger partial charge on any atom is 0.229 e. The topological polar surface area (TPSA) is 99.4 Å². The zero-order valence-electron chi connectivity index (χ0n) is 11.2. The van der Waals surface area contributed by atoms with Gasteiger partial charge in [-0.3, -0.25) is 0 Å². The minimum atomic E-state index is -1.43. The van der Waals surface area contributed by atoms with E-state index < -0.39 is 37.3 Å². The summed E-state index contributed by atoms with van der Waals surface area (Å²) in [6.45, 7) is 1.53.